The Morgan fingerprint density at radius 2 is 2.07 bits per heavy atom. The average molecular weight is 380 g/mol. The maximum atomic E-state index is 12.9. The van der Waals surface area contributed by atoms with E-state index in [1.165, 1.54) is 0 Å². The first-order valence-corrected chi connectivity index (χ1v) is 9.59. The van der Waals surface area contributed by atoms with E-state index in [2.05, 4.69) is 10.1 Å². The first-order valence-electron chi connectivity index (χ1n) is 9.59. The van der Waals surface area contributed by atoms with Gasteiger partial charge in [-0.3, -0.25) is 9.48 Å². The van der Waals surface area contributed by atoms with Crippen molar-refractivity contribution in [3.63, 3.8) is 0 Å². The second kappa shape index (κ2) is 7.59. The standard InChI is InChI=1S/C21H24N4O3/c1-3-19-22-14(2)20(28-19)21(27)24-9-10-25-16(13-24)12-17(23-25)18(26)11-15-7-5-4-6-8-15/h4-8,12,18,26H,3,9-11,13H2,1-2H3/t18-/m1/s1. The second-order valence-electron chi connectivity index (χ2n) is 7.09. The van der Waals surface area contributed by atoms with E-state index >= 15 is 0 Å². The number of carbonyl (C=O) groups is 1. The molecule has 28 heavy (non-hydrogen) atoms. The normalized spacial score (nSPS) is 14.8. The zero-order valence-corrected chi connectivity index (χ0v) is 16.1. The molecular weight excluding hydrogens is 356 g/mol. The molecule has 0 bridgehead atoms. The fourth-order valence-corrected chi connectivity index (χ4v) is 3.51. The molecule has 3 heterocycles. The Labute approximate surface area is 163 Å². The lowest BCUT2D eigenvalue weighted by molar-refractivity contribution is 0.0670. The van der Waals surface area contributed by atoms with Crippen LogP contribution in [0.15, 0.2) is 40.8 Å². The van der Waals surface area contributed by atoms with E-state index in [0.717, 1.165) is 11.3 Å². The van der Waals surface area contributed by atoms with Crippen LogP contribution in [-0.2, 0) is 25.9 Å². The van der Waals surface area contributed by atoms with Crippen LogP contribution >= 0.6 is 0 Å². The number of aliphatic hydroxyl groups excluding tert-OH is 1. The number of rotatable bonds is 5. The van der Waals surface area contributed by atoms with Gasteiger partial charge in [0.05, 0.1) is 30.2 Å². The fourth-order valence-electron chi connectivity index (χ4n) is 3.51. The van der Waals surface area contributed by atoms with Crippen LogP contribution in [0.3, 0.4) is 0 Å². The van der Waals surface area contributed by atoms with Crippen LogP contribution in [0, 0.1) is 6.92 Å². The van der Waals surface area contributed by atoms with Crippen molar-refractivity contribution < 1.29 is 14.3 Å². The first kappa shape index (κ1) is 18.4. The molecule has 1 aliphatic heterocycles. The number of aliphatic hydroxyl groups is 1. The molecule has 0 spiro atoms. The molecule has 0 fully saturated rings. The Balaban J connectivity index is 1.48. The van der Waals surface area contributed by atoms with Gasteiger partial charge in [0.15, 0.2) is 5.89 Å². The number of fused-ring (bicyclic) bond motifs is 1. The molecule has 2 aromatic heterocycles. The molecule has 1 aromatic carbocycles. The average Bonchev–Trinajstić information content (AvgIpc) is 3.31. The summed E-state index contributed by atoms with van der Waals surface area (Å²) in [4.78, 5) is 18.9. The SMILES string of the molecule is CCc1nc(C)c(C(=O)N2CCn3nc([C@H](O)Cc4ccccc4)cc3C2)o1. The van der Waals surface area contributed by atoms with Crippen LogP contribution in [0.2, 0.25) is 0 Å². The van der Waals surface area contributed by atoms with Gasteiger partial charge in [0.25, 0.3) is 5.91 Å². The maximum absolute atomic E-state index is 12.9. The quantitative estimate of drug-likeness (QED) is 0.736. The highest BCUT2D eigenvalue weighted by Crippen LogP contribution is 2.23. The molecule has 1 aliphatic rings. The maximum Gasteiger partial charge on any atom is 0.291 e. The molecule has 0 saturated carbocycles. The predicted octanol–water partition coefficient (Wildman–Crippen LogP) is 2.67. The van der Waals surface area contributed by atoms with Gasteiger partial charge in [-0.15, -0.1) is 0 Å². The molecule has 1 amide bonds. The third-order valence-corrected chi connectivity index (χ3v) is 5.05. The molecule has 0 aliphatic carbocycles. The summed E-state index contributed by atoms with van der Waals surface area (Å²) < 4.78 is 7.48. The van der Waals surface area contributed by atoms with Crippen LogP contribution < -0.4 is 0 Å². The summed E-state index contributed by atoms with van der Waals surface area (Å²) in [5.41, 5.74) is 3.23. The summed E-state index contributed by atoms with van der Waals surface area (Å²) in [7, 11) is 0. The number of carbonyl (C=O) groups excluding carboxylic acids is 1. The van der Waals surface area contributed by atoms with Crippen molar-refractivity contribution in [3.8, 4) is 0 Å². The topological polar surface area (TPSA) is 84.4 Å². The van der Waals surface area contributed by atoms with E-state index in [4.69, 9.17) is 4.42 Å². The summed E-state index contributed by atoms with van der Waals surface area (Å²) in [5, 5.41) is 15.1. The lowest BCUT2D eigenvalue weighted by atomic mass is 10.1. The third kappa shape index (κ3) is 3.57. The van der Waals surface area contributed by atoms with E-state index < -0.39 is 6.10 Å². The van der Waals surface area contributed by atoms with Crippen LogP contribution in [0.1, 0.15) is 52.1 Å². The number of nitrogens with zero attached hydrogens (tertiary/aromatic N) is 4. The van der Waals surface area contributed by atoms with Gasteiger partial charge in [0.1, 0.15) is 6.10 Å². The van der Waals surface area contributed by atoms with Crippen LogP contribution in [0.25, 0.3) is 0 Å². The summed E-state index contributed by atoms with van der Waals surface area (Å²) >= 11 is 0. The number of aryl methyl sites for hydroxylation is 2. The van der Waals surface area contributed by atoms with E-state index in [0.29, 0.717) is 55.5 Å². The largest absolute Gasteiger partial charge is 0.435 e. The highest BCUT2D eigenvalue weighted by molar-refractivity contribution is 5.92. The summed E-state index contributed by atoms with van der Waals surface area (Å²) in [6, 6.07) is 11.7. The fraction of sp³-hybridized carbons (Fsp3) is 0.381. The number of aromatic nitrogens is 3. The molecule has 0 saturated heterocycles. The zero-order valence-electron chi connectivity index (χ0n) is 16.1. The van der Waals surface area contributed by atoms with Crippen LogP contribution in [0.4, 0.5) is 0 Å². The lowest BCUT2D eigenvalue weighted by Gasteiger charge is -2.26. The van der Waals surface area contributed by atoms with Gasteiger partial charge >= 0.3 is 0 Å². The highest BCUT2D eigenvalue weighted by atomic mass is 16.4. The van der Waals surface area contributed by atoms with Gasteiger partial charge < -0.3 is 14.4 Å². The summed E-state index contributed by atoms with van der Waals surface area (Å²) in [6.45, 7) is 5.31. The highest BCUT2D eigenvalue weighted by Gasteiger charge is 2.28. The number of amides is 1. The Hall–Kier alpha value is -2.93. The van der Waals surface area contributed by atoms with Gasteiger partial charge in [-0.1, -0.05) is 37.3 Å². The van der Waals surface area contributed by atoms with Crippen molar-refractivity contribution >= 4 is 5.91 Å². The molecule has 3 aromatic rings. The molecule has 0 radical (unpaired) electrons. The van der Waals surface area contributed by atoms with Crippen molar-refractivity contribution in [1.82, 2.24) is 19.7 Å². The van der Waals surface area contributed by atoms with E-state index in [-0.39, 0.29) is 5.91 Å². The molecule has 4 rings (SSSR count). The van der Waals surface area contributed by atoms with Gasteiger partial charge in [0, 0.05) is 19.4 Å². The molecule has 1 atom stereocenters. The van der Waals surface area contributed by atoms with Gasteiger partial charge in [-0.2, -0.15) is 5.10 Å². The predicted molar refractivity (Wildman–Crippen MR) is 103 cm³/mol. The van der Waals surface area contributed by atoms with Crippen molar-refractivity contribution in [2.24, 2.45) is 0 Å². The molecule has 7 nitrogen and oxygen atoms in total. The summed E-state index contributed by atoms with van der Waals surface area (Å²) in [5.74, 6) is 0.743. The van der Waals surface area contributed by atoms with Gasteiger partial charge in [-0.05, 0) is 18.6 Å². The number of hydrogen-bond donors (Lipinski definition) is 1. The molecule has 0 unspecified atom stereocenters. The zero-order chi connectivity index (χ0) is 19.7. The molecular formula is C21H24N4O3. The van der Waals surface area contributed by atoms with E-state index in [1.54, 1.807) is 11.8 Å². The molecule has 7 heteroatoms. The second-order valence-corrected chi connectivity index (χ2v) is 7.09. The van der Waals surface area contributed by atoms with Gasteiger partial charge in [0.2, 0.25) is 5.76 Å². The van der Waals surface area contributed by atoms with Crippen LogP contribution in [-0.4, -0.2) is 37.2 Å². The molecule has 146 valence electrons. The Kier molecular flexibility index (Phi) is 5.00. The van der Waals surface area contributed by atoms with E-state index in [1.807, 2.05) is 48.0 Å². The Bertz CT molecular complexity index is 977. The Morgan fingerprint density at radius 1 is 1.29 bits per heavy atom. The van der Waals surface area contributed by atoms with Crippen molar-refractivity contribution in [2.75, 3.05) is 6.54 Å². The number of oxazole rings is 1. The van der Waals surface area contributed by atoms with Crippen molar-refractivity contribution in [1.29, 1.82) is 0 Å². The van der Waals surface area contributed by atoms with Crippen molar-refractivity contribution in [3.05, 3.63) is 70.7 Å². The minimum Gasteiger partial charge on any atom is -0.435 e. The minimum absolute atomic E-state index is 0.150. The first-order chi connectivity index (χ1) is 13.5. The number of benzene rings is 1. The smallest absolute Gasteiger partial charge is 0.291 e. The Morgan fingerprint density at radius 3 is 2.79 bits per heavy atom. The third-order valence-electron chi connectivity index (χ3n) is 5.05. The van der Waals surface area contributed by atoms with E-state index in [9.17, 15) is 9.90 Å². The molecule has 1 N–H and O–H groups in total. The number of hydrogen-bond acceptors (Lipinski definition) is 5. The minimum atomic E-state index is -0.673. The monoisotopic (exact) mass is 380 g/mol. The lowest BCUT2D eigenvalue weighted by Crippen LogP contribution is -2.38. The summed E-state index contributed by atoms with van der Waals surface area (Å²) in [6.07, 6.45) is 0.494. The van der Waals surface area contributed by atoms with Gasteiger partial charge in [-0.25, -0.2) is 4.98 Å². The van der Waals surface area contributed by atoms with Crippen molar-refractivity contribution in [2.45, 2.75) is 45.9 Å². The van der Waals surface area contributed by atoms with Crippen LogP contribution in [0.5, 0.6) is 0 Å².